The van der Waals surface area contributed by atoms with Gasteiger partial charge in [-0.15, -0.1) is 0 Å². The zero-order valence-corrected chi connectivity index (χ0v) is 18.2. The van der Waals surface area contributed by atoms with E-state index in [1.165, 1.54) is 18.2 Å². The predicted octanol–water partition coefficient (Wildman–Crippen LogP) is 2.42. The van der Waals surface area contributed by atoms with Crippen molar-refractivity contribution in [3.63, 3.8) is 0 Å². The standard InChI is InChI=1S/C20H26N4O5S/c1-14(2)22-30(28,29)13-16-7-5-15(6-8-16)12-21-20(25)17-9-10-18(23(3)4)19(11-17)24(26)27/h5-11,14,22H,12-13H2,1-4H3,(H,21,25). The Morgan fingerprint density at radius 3 is 2.23 bits per heavy atom. The van der Waals surface area contributed by atoms with E-state index >= 15 is 0 Å². The van der Waals surface area contributed by atoms with Crippen molar-refractivity contribution < 1.29 is 18.1 Å². The SMILES string of the molecule is CC(C)NS(=O)(=O)Cc1ccc(CNC(=O)c2ccc(N(C)C)c([N+](=O)[O-])c2)cc1. The number of carbonyl (C=O) groups excluding carboxylic acids is 1. The molecule has 9 nitrogen and oxygen atoms in total. The fourth-order valence-electron chi connectivity index (χ4n) is 2.85. The molecule has 0 aromatic heterocycles. The minimum absolute atomic E-state index is 0.125. The molecule has 162 valence electrons. The van der Waals surface area contributed by atoms with Gasteiger partial charge in [0, 0.05) is 38.3 Å². The Labute approximate surface area is 176 Å². The molecule has 1 amide bonds. The van der Waals surface area contributed by atoms with Gasteiger partial charge in [0.2, 0.25) is 10.0 Å². The molecule has 2 aromatic rings. The molecule has 0 bridgehead atoms. The number of nitrogens with zero attached hydrogens (tertiary/aromatic N) is 2. The number of anilines is 1. The molecule has 0 aliphatic rings. The lowest BCUT2D eigenvalue weighted by Crippen LogP contribution is -2.31. The number of carbonyl (C=O) groups is 1. The van der Waals surface area contributed by atoms with Crippen molar-refractivity contribution >= 4 is 27.3 Å². The molecule has 2 N–H and O–H groups in total. The smallest absolute Gasteiger partial charge is 0.293 e. The van der Waals surface area contributed by atoms with Crippen LogP contribution in [0.25, 0.3) is 0 Å². The van der Waals surface area contributed by atoms with E-state index in [1.807, 2.05) is 0 Å². The van der Waals surface area contributed by atoms with E-state index < -0.39 is 20.9 Å². The molecule has 0 saturated carbocycles. The van der Waals surface area contributed by atoms with E-state index in [2.05, 4.69) is 10.0 Å². The van der Waals surface area contributed by atoms with Crippen LogP contribution in [0.3, 0.4) is 0 Å². The normalized spacial score (nSPS) is 11.4. The highest BCUT2D eigenvalue weighted by Gasteiger charge is 2.19. The van der Waals surface area contributed by atoms with Crippen molar-refractivity contribution in [3.05, 3.63) is 69.3 Å². The maximum Gasteiger partial charge on any atom is 0.293 e. The fraction of sp³-hybridized carbons (Fsp3) is 0.350. The molecule has 10 heteroatoms. The molecule has 0 fully saturated rings. The van der Waals surface area contributed by atoms with Gasteiger partial charge in [0.25, 0.3) is 11.6 Å². The minimum atomic E-state index is -3.41. The Kier molecular flexibility index (Phi) is 7.52. The third-order valence-electron chi connectivity index (χ3n) is 4.16. The first kappa shape index (κ1) is 23.3. The molecule has 0 heterocycles. The first-order valence-electron chi connectivity index (χ1n) is 9.30. The van der Waals surface area contributed by atoms with Crippen molar-refractivity contribution in [2.24, 2.45) is 0 Å². The molecular weight excluding hydrogens is 408 g/mol. The van der Waals surface area contributed by atoms with Crippen LogP contribution in [0.1, 0.15) is 35.3 Å². The number of hydrogen-bond donors (Lipinski definition) is 2. The number of nitro groups is 1. The summed E-state index contributed by atoms with van der Waals surface area (Å²) in [6, 6.07) is 11.0. The van der Waals surface area contributed by atoms with E-state index in [0.29, 0.717) is 11.3 Å². The van der Waals surface area contributed by atoms with Crippen molar-refractivity contribution in [1.29, 1.82) is 0 Å². The third-order valence-corrected chi connectivity index (χ3v) is 5.71. The molecule has 0 radical (unpaired) electrons. The van der Waals surface area contributed by atoms with Crippen LogP contribution in [0.5, 0.6) is 0 Å². The number of nitrogens with one attached hydrogen (secondary N) is 2. The number of nitro benzene ring substituents is 1. The van der Waals surface area contributed by atoms with E-state index in [1.54, 1.807) is 57.1 Å². The Morgan fingerprint density at radius 1 is 1.10 bits per heavy atom. The zero-order valence-electron chi connectivity index (χ0n) is 17.4. The molecule has 2 aromatic carbocycles. The van der Waals surface area contributed by atoms with Gasteiger partial charge in [-0.25, -0.2) is 13.1 Å². The molecule has 0 aliphatic heterocycles. The van der Waals surface area contributed by atoms with Crippen LogP contribution < -0.4 is 14.9 Å². The predicted molar refractivity (Wildman–Crippen MR) is 116 cm³/mol. The minimum Gasteiger partial charge on any atom is -0.372 e. The lowest BCUT2D eigenvalue weighted by Gasteiger charge is -2.13. The zero-order chi connectivity index (χ0) is 22.5. The number of amides is 1. The van der Waals surface area contributed by atoms with Gasteiger partial charge in [-0.2, -0.15) is 0 Å². The number of sulfonamides is 1. The number of rotatable bonds is 9. The van der Waals surface area contributed by atoms with E-state index in [0.717, 1.165) is 5.56 Å². The van der Waals surface area contributed by atoms with Crippen molar-refractivity contribution in [2.45, 2.75) is 32.2 Å². The van der Waals surface area contributed by atoms with Crippen LogP contribution in [0.2, 0.25) is 0 Å². The second-order valence-electron chi connectivity index (χ2n) is 7.39. The van der Waals surface area contributed by atoms with Crippen LogP contribution in [0.4, 0.5) is 11.4 Å². The highest BCUT2D eigenvalue weighted by Crippen LogP contribution is 2.27. The fourth-order valence-corrected chi connectivity index (χ4v) is 4.28. The number of benzene rings is 2. The summed E-state index contributed by atoms with van der Waals surface area (Å²) in [6.07, 6.45) is 0. The Morgan fingerprint density at radius 2 is 1.70 bits per heavy atom. The van der Waals surface area contributed by atoms with Crippen LogP contribution in [-0.4, -0.2) is 39.4 Å². The first-order valence-corrected chi connectivity index (χ1v) is 11.0. The van der Waals surface area contributed by atoms with Gasteiger partial charge < -0.3 is 10.2 Å². The lowest BCUT2D eigenvalue weighted by molar-refractivity contribution is -0.384. The van der Waals surface area contributed by atoms with Crippen molar-refractivity contribution in [1.82, 2.24) is 10.0 Å². The average Bonchev–Trinajstić information content (AvgIpc) is 2.65. The van der Waals surface area contributed by atoms with Gasteiger partial charge in [0.05, 0.1) is 10.7 Å². The van der Waals surface area contributed by atoms with Gasteiger partial charge >= 0.3 is 0 Å². The number of hydrogen-bond acceptors (Lipinski definition) is 6. The molecule has 2 rings (SSSR count). The largest absolute Gasteiger partial charge is 0.372 e. The monoisotopic (exact) mass is 434 g/mol. The van der Waals surface area contributed by atoms with Gasteiger partial charge in [-0.05, 0) is 37.1 Å². The van der Waals surface area contributed by atoms with Gasteiger partial charge in [-0.1, -0.05) is 24.3 Å². The highest BCUT2D eigenvalue weighted by molar-refractivity contribution is 7.88. The summed E-state index contributed by atoms with van der Waals surface area (Å²) >= 11 is 0. The molecule has 0 saturated heterocycles. The lowest BCUT2D eigenvalue weighted by atomic mass is 10.1. The summed E-state index contributed by atoms with van der Waals surface area (Å²) in [6.45, 7) is 3.72. The molecule has 0 unspecified atom stereocenters. The van der Waals surface area contributed by atoms with Gasteiger partial charge in [0.1, 0.15) is 5.69 Å². The van der Waals surface area contributed by atoms with Gasteiger partial charge in [-0.3, -0.25) is 14.9 Å². The second-order valence-corrected chi connectivity index (χ2v) is 9.14. The van der Waals surface area contributed by atoms with Crippen LogP contribution in [0, 0.1) is 10.1 Å². The summed E-state index contributed by atoms with van der Waals surface area (Å²) in [4.78, 5) is 24.8. The Hall–Kier alpha value is -2.98. The summed E-state index contributed by atoms with van der Waals surface area (Å²) < 4.78 is 26.5. The summed E-state index contributed by atoms with van der Waals surface area (Å²) in [5.74, 6) is -0.559. The highest BCUT2D eigenvalue weighted by atomic mass is 32.2. The Bertz CT molecular complexity index is 1020. The molecule has 0 spiro atoms. The summed E-state index contributed by atoms with van der Waals surface area (Å²) in [5.41, 5.74) is 1.87. The van der Waals surface area contributed by atoms with E-state index in [-0.39, 0.29) is 29.6 Å². The van der Waals surface area contributed by atoms with Crippen LogP contribution >= 0.6 is 0 Å². The maximum absolute atomic E-state index is 12.4. The molecule has 0 atom stereocenters. The quantitative estimate of drug-likeness (QED) is 0.462. The average molecular weight is 435 g/mol. The maximum atomic E-state index is 12.4. The first-order chi connectivity index (χ1) is 14.0. The molecule has 0 aliphatic carbocycles. The summed E-state index contributed by atoms with van der Waals surface area (Å²) in [7, 11) is -0.0269. The molecular formula is C20H26N4O5S. The summed E-state index contributed by atoms with van der Waals surface area (Å²) in [5, 5.41) is 14.0. The van der Waals surface area contributed by atoms with Crippen LogP contribution in [0.15, 0.2) is 42.5 Å². The second kappa shape index (κ2) is 9.68. The molecule has 30 heavy (non-hydrogen) atoms. The van der Waals surface area contributed by atoms with Gasteiger partial charge in [0.15, 0.2) is 0 Å². The van der Waals surface area contributed by atoms with E-state index in [4.69, 9.17) is 0 Å². The van der Waals surface area contributed by atoms with Crippen molar-refractivity contribution in [2.75, 3.05) is 19.0 Å². The van der Waals surface area contributed by atoms with Crippen molar-refractivity contribution in [3.8, 4) is 0 Å². The van der Waals surface area contributed by atoms with E-state index in [9.17, 15) is 23.3 Å². The Balaban J connectivity index is 2.03. The topological polar surface area (TPSA) is 122 Å². The van der Waals surface area contributed by atoms with Crippen LogP contribution in [-0.2, 0) is 22.3 Å². The third kappa shape index (κ3) is 6.53.